The largest absolute Gasteiger partial charge is 0.390 e. The Bertz CT molecular complexity index is 155. The molecule has 0 bridgehead atoms. The number of carbonyl (C=O) groups is 1. The van der Waals surface area contributed by atoms with E-state index in [9.17, 15) is 9.90 Å². The fraction of sp³-hybridized carbons (Fsp3) is 0.875. The van der Waals surface area contributed by atoms with Crippen molar-refractivity contribution in [2.24, 2.45) is 5.92 Å². The van der Waals surface area contributed by atoms with E-state index in [0.29, 0.717) is 12.8 Å². The third-order valence-electron chi connectivity index (χ3n) is 2.35. The van der Waals surface area contributed by atoms with Crippen LogP contribution in [-0.4, -0.2) is 30.2 Å². The first-order valence-corrected chi connectivity index (χ1v) is 3.86. The van der Waals surface area contributed by atoms with Gasteiger partial charge in [-0.1, -0.05) is 0 Å². The minimum atomic E-state index is -0.450. The molecule has 0 radical (unpaired) electrons. The van der Waals surface area contributed by atoms with Crippen molar-refractivity contribution in [1.29, 1.82) is 0 Å². The molecule has 0 aromatic rings. The molecule has 0 amide bonds. The second-order valence-corrected chi connectivity index (χ2v) is 3.12. The first-order valence-electron chi connectivity index (χ1n) is 3.86. The fourth-order valence-electron chi connectivity index (χ4n) is 1.56. The van der Waals surface area contributed by atoms with Gasteiger partial charge in [0.15, 0.2) is 0 Å². The van der Waals surface area contributed by atoms with Gasteiger partial charge in [0.05, 0.1) is 12.2 Å². The molecule has 0 saturated heterocycles. The summed E-state index contributed by atoms with van der Waals surface area (Å²) in [6, 6.07) is 0. The number of Topliss-reactive ketones (excluding diaryl/α,β-unsaturated/α-hetero) is 1. The molecule has 1 fully saturated rings. The van der Waals surface area contributed by atoms with Crippen molar-refractivity contribution in [2.75, 3.05) is 7.11 Å². The van der Waals surface area contributed by atoms with Crippen LogP contribution in [0.2, 0.25) is 0 Å². The van der Waals surface area contributed by atoms with Crippen LogP contribution >= 0.6 is 0 Å². The standard InChI is InChI=1S/C8H14O3/c1-5(9)6-3-7(10)8(4-6)11-2/h6-8,10H,3-4H2,1-2H3/t6-,7-,8-/m0/s1. The number of ketones is 1. The summed E-state index contributed by atoms with van der Waals surface area (Å²) in [5.74, 6) is 0.165. The molecule has 3 atom stereocenters. The minimum Gasteiger partial charge on any atom is -0.390 e. The van der Waals surface area contributed by atoms with Crippen LogP contribution in [0.4, 0.5) is 0 Å². The Labute approximate surface area is 66.4 Å². The predicted molar refractivity (Wildman–Crippen MR) is 40.2 cm³/mol. The maximum absolute atomic E-state index is 10.9. The van der Waals surface area contributed by atoms with E-state index in [4.69, 9.17) is 4.74 Å². The quantitative estimate of drug-likeness (QED) is 0.631. The molecule has 0 unspecified atom stereocenters. The first-order chi connectivity index (χ1) is 5.15. The van der Waals surface area contributed by atoms with Gasteiger partial charge < -0.3 is 9.84 Å². The average molecular weight is 158 g/mol. The molecule has 1 N–H and O–H groups in total. The molecule has 1 aliphatic carbocycles. The van der Waals surface area contributed by atoms with Crippen LogP contribution in [-0.2, 0) is 9.53 Å². The summed E-state index contributed by atoms with van der Waals surface area (Å²) < 4.78 is 5.00. The van der Waals surface area contributed by atoms with Gasteiger partial charge in [-0.3, -0.25) is 4.79 Å². The summed E-state index contributed by atoms with van der Waals surface area (Å²) in [6.45, 7) is 1.56. The topological polar surface area (TPSA) is 46.5 Å². The number of methoxy groups -OCH3 is 1. The zero-order valence-corrected chi connectivity index (χ0v) is 6.91. The van der Waals surface area contributed by atoms with Crippen LogP contribution < -0.4 is 0 Å². The van der Waals surface area contributed by atoms with E-state index in [1.54, 1.807) is 14.0 Å². The molecule has 64 valence electrons. The Morgan fingerprint density at radius 1 is 1.55 bits per heavy atom. The SMILES string of the molecule is CO[C@H]1C[C@@H](C(C)=O)C[C@@H]1O. The van der Waals surface area contributed by atoms with Gasteiger partial charge in [-0.25, -0.2) is 0 Å². The normalized spacial score (nSPS) is 37.5. The maximum atomic E-state index is 10.9. The highest BCUT2D eigenvalue weighted by molar-refractivity contribution is 5.78. The number of aliphatic hydroxyl groups is 1. The number of hydrogen-bond acceptors (Lipinski definition) is 3. The summed E-state index contributed by atoms with van der Waals surface area (Å²) in [4.78, 5) is 10.9. The van der Waals surface area contributed by atoms with Crippen molar-refractivity contribution in [1.82, 2.24) is 0 Å². The minimum absolute atomic E-state index is 0.00921. The highest BCUT2D eigenvalue weighted by Gasteiger charge is 2.34. The number of aliphatic hydroxyl groups excluding tert-OH is 1. The van der Waals surface area contributed by atoms with E-state index in [1.807, 2.05) is 0 Å². The van der Waals surface area contributed by atoms with Crippen LogP contribution in [0, 0.1) is 5.92 Å². The van der Waals surface area contributed by atoms with Crippen molar-refractivity contribution in [3.63, 3.8) is 0 Å². The van der Waals surface area contributed by atoms with Crippen LogP contribution in [0.5, 0.6) is 0 Å². The van der Waals surface area contributed by atoms with Gasteiger partial charge in [-0.15, -0.1) is 0 Å². The maximum Gasteiger partial charge on any atom is 0.133 e. The lowest BCUT2D eigenvalue weighted by Gasteiger charge is -2.10. The monoisotopic (exact) mass is 158 g/mol. The Balaban J connectivity index is 2.49. The molecule has 3 heteroatoms. The molecule has 0 aliphatic heterocycles. The summed E-state index contributed by atoms with van der Waals surface area (Å²) in [7, 11) is 1.57. The Hall–Kier alpha value is -0.410. The van der Waals surface area contributed by atoms with Crippen LogP contribution in [0.1, 0.15) is 19.8 Å². The van der Waals surface area contributed by atoms with E-state index in [0.717, 1.165) is 0 Å². The van der Waals surface area contributed by atoms with Crippen LogP contribution in [0.25, 0.3) is 0 Å². The van der Waals surface area contributed by atoms with Crippen LogP contribution in [0.3, 0.4) is 0 Å². The molecule has 0 aromatic heterocycles. The van der Waals surface area contributed by atoms with Crippen molar-refractivity contribution >= 4 is 5.78 Å². The lowest BCUT2D eigenvalue weighted by Crippen LogP contribution is -2.20. The highest BCUT2D eigenvalue weighted by atomic mass is 16.5. The molecule has 1 aliphatic rings. The van der Waals surface area contributed by atoms with Gasteiger partial charge in [0.2, 0.25) is 0 Å². The molecule has 1 rings (SSSR count). The van der Waals surface area contributed by atoms with Gasteiger partial charge in [0, 0.05) is 13.0 Å². The molecule has 1 saturated carbocycles. The summed E-state index contributed by atoms with van der Waals surface area (Å²) >= 11 is 0. The zero-order chi connectivity index (χ0) is 8.43. The number of carbonyl (C=O) groups excluding carboxylic acids is 1. The van der Waals surface area contributed by atoms with Gasteiger partial charge in [0.1, 0.15) is 5.78 Å². The zero-order valence-electron chi connectivity index (χ0n) is 6.91. The van der Waals surface area contributed by atoms with E-state index >= 15 is 0 Å². The van der Waals surface area contributed by atoms with Crippen LogP contribution in [0.15, 0.2) is 0 Å². The summed E-state index contributed by atoms with van der Waals surface area (Å²) in [6.07, 6.45) is 0.652. The van der Waals surface area contributed by atoms with Crippen molar-refractivity contribution in [2.45, 2.75) is 32.0 Å². The van der Waals surface area contributed by atoms with E-state index in [-0.39, 0.29) is 17.8 Å². The number of ether oxygens (including phenoxy) is 1. The summed E-state index contributed by atoms with van der Waals surface area (Å²) in [5.41, 5.74) is 0. The second-order valence-electron chi connectivity index (χ2n) is 3.12. The van der Waals surface area contributed by atoms with E-state index in [2.05, 4.69) is 0 Å². The molecular formula is C8H14O3. The second kappa shape index (κ2) is 3.32. The average Bonchev–Trinajstić information content (AvgIpc) is 2.31. The molecule has 0 aromatic carbocycles. The first kappa shape index (κ1) is 8.68. The molecule has 0 spiro atoms. The lowest BCUT2D eigenvalue weighted by molar-refractivity contribution is -0.120. The van der Waals surface area contributed by atoms with Crippen molar-refractivity contribution in [3.05, 3.63) is 0 Å². The van der Waals surface area contributed by atoms with E-state index < -0.39 is 6.10 Å². The Morgan fingerprint density at radius 2 is 2.18 bits per heavy atom. The predicted octanol–water partition coefficient (Wildman–Crippen LogP) is 0.361. The van der Waals surface area contributed by atoms with Crippen molar-refractivity contribution in [3.8, 4) is 0 Å². The lowest BCUT2D eigenvalue weighted by atomic mass is 10.0. The third kappa shape index (κ3) is 1.79. The van der Waals surface area contributed by atoms with Gasteiger partial charge in [-0.05, 0) is 19.8 Å². The Kier molecular flexibility index (Phi) is 2.62. The molecular weight excluding hydrogens is 144 g/mol. The van der Waals surface area contributed by atoms with Gasteiger partial charge in [0.25, 0.3) is 0 Å². The summed E-state index contributed by atoms with van der Waals surface area (Å²) in [5, 5.41) is 9.33. The van der Waals surface area contributed by atoms with Gasteiger partial charge in [-0.2, -0.15) is 0 Å². The van der Waals surface area contributed by atoms with Crippen molar-refractivity contribution < 1.29 is 14.6 Å². The molecule has 0 heterocycles. The highest BCUT2D eigenvalue weighted by Crippen LogP contribution is 2.28. The Morgan fingerprint density at radius 3 is 2.45 bits per heavy atom. The number of hydrogen-bond donors (Lipinski definition) is 1. The third-order valence-corrected chi connectivity index (χ3v) is 2.35. The molecule has 3 nitrogen and oxygen atoms in total. The molecule has 11 heavy (non-hydrogen) atoms. The smallest absolute Gasteiger partial charge is 0.133 e. The fourth-order valence-corrected chi connectivity index (χ4v) is 1.56. The number of rotatable bonds is 2. The van der Waals surface area contributed by atoms with E-state index in [1.165, 1.54) is 0 Å². The van der Waals surface area contributed by atoms with Gasteiger partial charge >= 0.3 is 0 Å².